The van der Waals surface area contributed by atoms with Crippen molar-refractivity contribution in [2.24, 2.45) is 0 Å². The van der Waals surface area contributed by atoms with E-state index >= 15 is 0 Å². The second-order valence-corrected chi connectivity index (χ2v) is 4.47. The second-order valence-electron chi connectivity index (χ2n) is 4.12. The van der Waals surface area contributed by atoms with E-state index in [2.05, 4.69) is 21.1 Å². The molecule has 0 saturated carbocycles. The summed E-state index contributed by atoms with van der Waals surface area (Å²) in [6, 6.07) is 8.54. The number of fused-ring (bicyclic) bond motifs is 1. The lowest BCUT2D eigenvalue weighted by molar-refractivity contribution is 0.477. The van der Waals surface area contributed by atoms with Crippen molar-refractivity contribution in [3.8, 4) is 29.4 Å². The van der Waals surface area contributed by atoms with Gasteiger partial charge in [-0.3, -0.25) is 4.98 Å². The molecule has 0 amide bonds. The summed E-state index contributed by atoms with van der Waals surface area (Å²) in [6.07, 6.45) is 6.93. The zero-order chi connectivity index (χ0) is 14.1. The van der Waals surface area contributed by atoms with Gasteiger partial charge in [0.05, 0.1) is 0 Å². The summed E-state index contributed by atoms with van der Waals surface area (Å²) in [7, 11) is 0. The predicted molar refractivity (Wildman–Crippen MR) is 77.4 cm³/mol. The first-order chi connectivity index (χ1) is 9.70. The van der Waals surface area contributed by atoms with E-state index in [9.17, 15) is 5.11 Å². The van der Waals surface area contributed by atoms with Gasteiger partial charge >= 0.3 is 0 Å². The average Bonchev–Trinajstić information content (AvgIpc) is 2.48. The van der Waals surface area contributed by atoms with Gasteiger partial charge in [0.25, 0.3) is 0 Å². The molecule has 5 heteroatoms. The van der Waals surface area contributed by atoms with Crippen LogP contribution in [-0.2, 0) is 0 Å². The minimum Gasteiger partial charge on any atom is -0.507 e. The molecule has 0 spiro atoms. The number of benzene rings is 1. The van der Waals surface area contributed by atoms with Crippen molar-refractivity contribution in [3.05, 3.63) is 47.2 Å². The molecule has 0 aliphatic rings. The van der Waals surface area contributed by atoms with Crippen LogP contribution in [0.4, 0.5) is 0 Å². The predicted octanol–water partition coefficient (Wildman–Crippen LogP) is 3.03. The minimum atomic E-state index is 0.0437. The molecule has 0 bridgehead atoms. The molecule has 20 heavy (non-hydrogen) atoms. The fourth-order valence-electron chi connectivity index (χ4n) is 1.98. The van der Waals surface area contributed by atoms with Crippen molar-refractivity contribution < 1.29 is 5.11 Å². The molecule has 0 radical (unpaired) electrons. The maximum atomic E-state index is 10.1. The van der Waals surface area contributed by atoms with E-state index in [0.29, 0.717) is 22.3 Å². The second kappa shape index (κ2) is 4.80. The van der Waals surface area contributed by atoms with Crippen molar-refractivity contribution in [3.63, 3.8) is 0 Å². The van der Waals surface area contributed by atoms with E-state index in [-0.39, 0.29) is 10.9 Å². The van der Waals surface area contributed by atoms with E-state index in [1.54, 1.807) is 24.4 Å². The quantitative estimate of drug-likeness (QED) is 0.697. The first kappa shape index (κ1) is 12.4. The van der Waals surface area contributed by atoms with Gasteiger partial charge in [-0.15, -0.1) is 16.6 Å². The Labute approximate surface area is 120 Å². The molecule has 96 valence electrons. The highest BCUT2D eigenvalue weighted by molar-refractivity contribution is 6.34. The van der Waals surface area contributed by atoms with Crippen LogP contribution in [-0.4, -0.2) is 20.3 Å². The fourth-order valence-corrected chi connectivity index (χ4v) is 2.16. The molecule has 3 rings (SSSR count). The average molecular weight is 282 g/mol. The van der Waals surface area contributed by atoms with Crippen LogP contribution < -0.4 is 0 Å². The maximum absolute atomic E-state index is 10.1. The number of nitrogens with zero attached hydrogens (tertiary/aromatic N) is 3. The fraction of sp³-hybridized carbons (Fsp3) is 0. The van der Waals surface area contributed by atoms with Gasteiger partial charge in [-0.2, -0.15) is 0 Å². The molecule has 2 heterocycles. The smallest absolute Gasteiger partial charge is 0.177 e. The summed E-state index contributed by atoms with van der Waals surface area (Å²) in [5.41, 5.74) is 2.18. The van der Waals surface area contributed by atoms with Crippen LogP contribution in [0.3, 0.4) is 0 Å². The van der Waals surface area contributed by atoms with Crippen LogP contribution >= 0.6 is 11.6 Å². The van der Waals surface area contributed by atoms with Crippen LogP contribution in [0, 0.1) is 12.3 Å². The Morgan fingerprint density at radius 1 is 1.20 bits per heavy atom. The zero-order valence-electron chi connectivity index (χ0n) is 10.2. The SMILES string of the molecule is C#Cc1ccc(-c2nnc(Cl)c3ncccc23)c(O)c1. The molecule has 0 atom stereocenters. The van der Waals surface area contributed by atoms with Gasteiger partial charge in [-0.1, -0.05) is 17.5 Å². The molecule has 4 nitrogen and oxygen atoms in total. The molecular weight excluding hydrogens is 274 g/mol. The topological polar surface area (TPSA) is 58.9 Å². The number of aromatic nitrogens is 3. The number of aromatic hydroxyl groups is 1. The molecule has 0 fully saturated rings. The van der Waals surface area contributed by atoms with Gasteiger partial charge < -0.3 is 5.11 Å². The monoisotopic (exact) mass is 281 g/mol. The van der Waals surface area contributed by atoms with Crippen molar-refractivity contribution in [2.45, 2.75) is 0 Å². The largest absolute Gasteiger partial charge is 0.507 e. The Morgan fingerprint density at radius 2 is 2.05 bits per heavy atom. The van der Waals surface area contributed by atoms with Crippen LogP contribution in [0.5, 0.6) is 5.75 Å². The molecule has 1 aromatic carbocycles. The molecule has 0 saturated heterocycles. The number of terminal acetylenes is 1. The van der Waals surface area contributed by atoms with Gasteiger partial charge in [-0.05, 0) is 30.3 Å². The summed E-state index contributed by atoms with van der Waals surface area (Å²) < 4.78 is 0. The third-order valence-corrected chi connectivity index (χ3v) is 3.17. The van der Waals surface area contributed by atoms with Crippen LogP contribution in [0.2, 0.25) is 5.15 Å². The first-order valence-corrected chi connectivity index (χ1v) is 6.15. The Kier molecular flexibility index (Phi) is 2.97. The number of halogens is 1. The molecule has 0 aliphatic carbocycles. The zero-order valence-corrected chi connectivity index (χ0v) is 11.0. The summed E-state index contributed by atoms with van der Waals surface area (Å²) in [5, 5.41) is 19.0. The van der Waals surface area contributed by atoms with E-state index in [4.69, 9.17) is 18.0 Å². The highest BCUT2D eigenvalue weighted by Gasteiger charge is 2.13. The summed E-state index contributed by atoms with van der Waals surface area (Å²) in [6.45, 7) is 0. The number of pyridine rings is 1. The lowest BCUT2D eigenvalue weighted by atomic mass is 10.0. The number of phenols is 1. The van der Waals surface area contributed by atoms with Gasteiger partial charge in [-0.25, -0.2) is 0 Å². The summed E-state index contributed by atoms with van der Waals surface area (Å²) in [4.78, 5) is 4.18. The number of phenolic OH excluding ortho intramolecular Hbond substituents is 1. The van der Waals surface area contributed by atoms with Gasteiger partial charge in [0.2, 0.25) is 0 Å². The number of rotatable bonds is 1. The van der Waals surface area contributed by atoms with Gasteiger partial charge in [0.1, 0.15) is 17.0 Å². The lowest BCUT2D eigenvalue weighted by Gasteiger charge is -2.07. The van der Waals surface area contributed by atoms with Crippen LogP contribution in [0.15, 0.2) is 36.5 Å². The van der Waals surface area contributed by atoms with Crippen LogP contribution in [0.1, 0.15) is 5.56 Å². The third kappa shape index (κ3) is 1.94. The van der Waals surface area contributed by atoms with Crippen molar-refractivity contribution >= 4 is 22.5 Å². The van der Waals surface area contributed by atoms with E-state index in [1.807, 2.05) is 6.07 Å². The van der Waals surface area contributed by atoms with Gasteiger partial charge in [0, 0.05) is 22.7 Å². The number of hydrogen-bond donors (Lipinski definition) is 1. The molecule has 0 unspecified atom stereocenters. The highest BCUT2D eigenvalue weighted by Crippen LogP contribution is 2.33. The third-order valence-electron chi connectivity index (χ3n) is 2.92. The van der Waals surface area contributed by atoms with Gasteiger partial charge in [0.15, 0.2) is 5.15 Å². The summed E-state index contributed by atoms with van der Waals surface area (Å²) >= 11 is 5.98. The van der Waals surface area contributed by atoms with E-state index in [1.165, 1.54) is 6.07 Å². The van der Waals surface area contributed by atoms with Crippen LogP contribution in [0.25, 0.3) is 22.2 Å². The Balaban J connectivity index is 2.31. The van der Waals surface area contributed by atoms with Crippen molar-refractivity contribution in [1.82, 2.24) is 15.2 Å². The first-order valence-electron chi connectivity index (χ1n) is 5.77. The van der Waals surface area contributed by atoms with E-state index in [0.717, 1.165) is 5.39 Å². The Morgan fingerprint density at radius 3 is 2.80 bits per heavy atom. The molecule has 1 N–H and O–H groups in total. The van der Waals surface area contributed by atoms with Crippen molar-refractivity contribution in [2.75, 3.05) is 0 Å². The molecule has 3 aromatic rings. The maximum Gasteiger partial charge on any atom is 0.177 e. The van der Waals surface area contributed by atoms with Crippen molar-refractivity contribution in [1.29, 1.82) is 0 Å². The van der Waals surface area contributed by atoms with E-state index < -0.39 is 0 Å². The highest BCUT2D eigenvalue weighted by atomic mass is 35.5. The molecular formula is C15H8ClN3O. The minimum absolute atomic E-state index is 0.0437. The Hall–Kier alpha value is -2.64. The number of hydrogen-bond acceptors (Lipinski definition) is 4. The normalized spacial score (nSPS) is 10.4. The summed E-state index contributed by atoms with van der Waals surface area (Å²) in [5.74, 6) is 2.51. The lowest BCUT2D eigenvalue weighted by Crippen LogP contribution is -1.93. The Bertz CT molecular complexity index is 855. The molecule has 2 aromatic heterocycles. The molecule has 0 aliphatic heterocycles. The standard InChI is InChI=1S/C15H8ClN3O/c1-2-9-5-6-10(12(20)8-9)13-11-4-3-7-17-14(11)15(16)19-18-13/h1,3-8,20H.